The van der Waals surface area contributed by atoms with Crippen LogP contribution in [0.2, 0.25) is 0 Å². The first-order valence-electron chi connectivity index (χ1n) is 9.05. The molecule has 28 heavy (non-hydrogen) atoms. The van der Waals surface area contributed by atoms with E-state index in [0.29, 0.717) is 23.8 Å². The quantitative estimate of drug-likeness (QED) is 0.607. The average Bonchev–Trinajstić information content (AvgIpc) is 3.04. The van der Waals surface area contributed by atoms with E-state index in [2.05, 4.69) is 4.98 Å². The van der Waals surface area contributed by atoms with Crippen molar-refractivity contribution >= 4 is 38.6 Å². The first-order chi connectivity index (χ1) is 13.5. The predicted molar refractivity (Wildman–Crippen MR) is 109 cm³/mol. The van der Waals surface area contributed by atoms with Gasteiger partial charge in [-0.2, -0.15) is 0 Å². The Morgan fingerprint density at radius 3 is 2.64 bits per heavy atom. The molecular formula is C20H20N2O4S2. The zero-order valence-corrected chi connectivity index (χ0v) is 16.8. The lowest BCUT2D eigenvalue weighted by molar-refractivity contribution is -0.128. The van der Waals surface area contributed by atoms with Crippen molar-refractivity contribution < 1.29 is 17.6 Å². The van der Waals surface area contributed by atoms with Gasteiger partial charge in [0, 0.05) is 13.1 Å². The van der Waals surface area contributed by atoms with Crippen molar-refractivity contribution in [2.24, 2.45) is 0 Å². The summed E-state index contributed by atoms with van der Waals surface area (Å²) in [6.45, 7) is 0.643. The number of carbonyl (C=O) groups is 1. The van der Waals surface area contributed by atoms with Gasteiger partial charge in [0.2, 0.25) is 5.91 Å². The largest absolute Gasteiger partial charge is 0.431 e. The molecule has 1 aliphatic rings. The van der Waals surface area contributed by atoms with Crippen molar-refractivity contribution in [1.29, 1.82) is 0 Å². The van der Waals surface area contributed by atoms with Crippen LogP contribution in [-0.4, -0.2) is 48.8 Å². The van der Waals surface area contributed by atoms with E-state index < -0.39 is 15.1 Å². The molecule has 2 heterocycles. The van der Waals surface area contributed by atoms with E-state index in [-0.39, 0.29) is 24.0 Å². The maximum Gasteiger partial charge on any atom is 0.257 e. The topological polar surface area (TPSA) is 80.5 Å². The average molecular weight is 417 g/mol. The third-order valence-electron chi connectivity index (χ3n) is 4.86. The van der Waals surface area contributed by atoms with Crippen molar-refractivity contribution in [2.45, 2.75) is 16.9 Å². The van der Waals surface area contributed by atoms with Crippen LogP contribution in [0, 0.1) is 0 Å². The van der Waals surface area contributed by atoms with E-state index in [4.69, 9.17) is 4.42 Å². The Kier molecular flexibility index (Phi) is 5.41. The van der Waals surface area contributed by atoms with Gasteiger partial charge >= 0.3 is 0 Å². The minimum atomic E-state index is -3.30. The molecule has 0 spiro atoms. The Hall–Kier alpha value is -2.32. The van der Waals surface area contributed by atoms with Gasteiger partial charge in [-0.15, -0.1) is 0 Å². The zero-order chi connectivity index (χ0) is 19.6. The molecule has 0 N–H and O–H groups in total. The Morgan fingerprint density at radius 1 is 1.11 bits per heavy atom. The summed E-state index contributed by atoms with van der Waals surface area (Å²) in [6.07, 6.45) is 0.408. The number of hydrogen-bond acceptors (Lipinski definition) is 6. The van der Waals surface area contributed by atoms with Gasteiger partial charge < -0.3 is 9.32 Å². The van der Waals surface area contributed by atoms with Crippen LogP contribution in [0.1, 0.15) is 17.2 Å². The number of sulfone groups is 1. The Labute approximate surface area is 167 Å². The lowest BCUT2D eigenvalue weighted by Gasteiger charge is -2.19. The number of rotatable bonds is 4. The number of aromatic nitrogens is 1. The first-order valence-corrected chi connectivity index (χ1v) is 11.8. The van der Waals surface area contributed by atoms with Gasteiger partial charge in [-0.05, 0) is 24.1 Å². The second-order valence-corrected chi connectivity index (χ2v) is 9.90. The zero-order valence-electron chi connectivity index (χ0n) is 15.2. The van der Waals surface area contributed by atoms with E-state index in [9.17, 15) is 13.2 Å². The highest BCUT2D eigenvalue weighted by Gasteiger charge is 2.32. The van der Waals surface area contributed by atoms with E-state index in [1.54, 1.807) is 4.90 Å². The van der Waals surface area contributed by atoms with Crippen LogP contribution in [0.5, 0.6) is 0 Å². The van der Waals surface area contributed by atoms with Gasteiger partial charge in [0.25, 0.3) is 5.22 Å². The Balaban J connectivity index is 1.41. The molecule has 1 saturated heterocycles. The monoisotopic (exact) mass is 416 g/mol. The molecule has 4 rings (SSSR count). The van der Waals surface area contributed by atoms with Gasteiger partial charge in [0.1, 0.15) is 5.52 Å². The molecule has 1 atom stereocenters. The van der Waals surface area contributed by atoms with Crippen molar-refractivity contribution in [3.8, 4) is 0 Å². The molecule has 0 saturated carbocycles. The van der Waals surface area contributed by atoms with Crippen LogP contribution in [0.15, 0.2) is 64.2 Å². The number of benzene rings is 2. The minimum absolute atomic E-state index is 0.0220. The molecule has 1 amide bonds. The maximum atomic E-state index is 12.7. The highest BCUT2D eigenvalue weighted by molar-refractivity contribution is 7.99. The van der Waals surface area contributed by atoms with Gasteiger partial charge in [-0.25, -0.2) is 13.4 Å². The van der Waals surface area contributed by atoms with Gasteiger partial charge in [0.05, 0.1) is 16.8 Å². The van der Waals surface area contributed by atoms with Crippen LogP contribution in [0.25, 0.3) is 11.1 Å². The smallest absolute Gasteiger partial charge is 0.257 e. The van der Waals surface area contributed by atoms with Crippen molar-refractivity contribution in [1.82, 2.24) is 9.88 Å². The minimum Gasteiger partial charge on any atom is -0.431 e. The molecule has 2 aromatic carbocycles. The normalized spacial score (nSPS) is 19.4. The molecule has 0 aliphatic carbocycles. The van der Waals surface area contributed by atoms with Crippen LogP contribution in [-0.2, 0) is 14.6 Å². The number of thioether (sulfide) groups is 1. The van der Waals surface area contributed by atoms with Crippen LogP contribution >= 0.6 is 11.8 Å². The molecule has 1 unspecified atom stereocenters. The number of oxazole rings is 1. The number of hydrogen-bond donors (Lipinski definition) is 0. The Bertz CT molecular complexity index is 1050. The summed E-state index contributed by atoms with van der Waals surface area (Å²) in [5.74, 6) is 0.0468. The molecule has 1 aromatic heterocycles. The predicted octanol–water partition coefficient (Wildman–Crippen LogP) is 3.31. The van der Waals surface area contributed by atoms with E-state index in [1.807, 2.05) is 54.6 Å². The third kappa shape index (κ3) is 4.07. The van der Waals surface area contributed by atoms with Crippen LogP contribution < -0.4 is 0 Å². The van der Waals surface area contributed by atoms with Crippen molar-refractivity contribution in [3.63, 3.8) is 0 Å². The summed E-state index contributed by atoms with van der Waals surface area (Å²) in [4.78, 5) is 18.6. The molecular weight excluding hydrogens is 396 g/mol. The number of amides is 1. The lowest BCUT2D eigenvalue weighted by Crippen LogP contribution is -2.34. The van der Waals surface area contributed by atoms with E-state index >= 15 is 0 Å². The highest BCUT2D eigenvalue weighted by atomic mass is 32.2. The first kappa shape index (κ1) is 19.0. The molecule has 0 bridgehead atoms. The molecule has 3 aromatic rings. The lowest BCUT2D eigenvalue weighted by atomic mass is 10.1. The maximum absolute atomic E-state index is 12.7. The van der Waals surface area contributed by atoms with E-state index in [1.165, 1.54) is 11.8 Å². The van der Waals surface area contributed by atoms with Crippen molar-refractivity contribution in [3.05, 3.63) is 60.2 Å². The van der Waals surface area contributed by atoms with Crippen LogP contribution in [0.4, 0.5) is 0 Å². The number of carbonyl (C=O) groups excluding carboxylic acids is 1. The fourth-order valence-corrected chi connectivity index (χ4v) is 5.90. The molecule has 6 nitrogen and oxygen atoms in total. The van der Waals surface area contributed by atoms with Crippen molar-refractivity contribution in [2.75, 3.05) is 24.6 Å². The second-order valence-electron chi connectivity index (χ2n) is 6.67. The summed E-state index contributed by atoms with van der Waals surface area (Å²) in [5.41, 5.74) is 2.23. The summed E-state index contributed by atoms with van der Waals surface area (Å²) >= 11 is 1.23. The number of nitrogens with zero attached hydrogens (tertiary/aromatic N) is 2. The fraction of sp³-hybridized carbons (Fsp3) is 0.300. The molecule has 0 radical (unpaired) electrons. The van der Waals surface area contributed by atoms with Gasteiger partial charge in [-0.1, -0.05) is 54.2 Å². The summed E-state index contributed by atoms with van der Waals surface area (Å²) in [5, 5.41) is -0.115. The number of fused-ring (bicyclic) bond motifs is 1. The fourth-order valence-electron chi connectivity index (χ4n) is 3.36. The molecule has 1 fully saturated rings. The molecule has 146 valence electrons. The molecule has 8 heteroatoms. The van der Waals surface area contributed by atoms with Crippen LogP contribution in [0.3, 0.4) is 0 Å². The summed E-state index contributed by atoms with van der Waals surface area (Å²) in [6, 6.07) is 16.7. The SMILES string of the molecule is O=C(CSc1nc2ccccc2o1)N1CCC(c2ccccc2)S(=O)(=O)CC1. The molecule has 1 aliphatic heterocycles. The van der Waals surface area contributed by atoms with E-state index in [0.717, 1.165) is 11.1 Å². The summed E-state index contributed by atoms with van der Waals surface area (Å²) < 4.78 is 31.0. The van der Waals surface area contributed by atoms with Gasteiger partial charge in [0.15, 0.2) is 15.4 Å². The highest BCUT2D eigenvalue weighted by Crippen LogP contribution is 2.30. The van der Waals surface area contributed by atoms with Gasteiger partial charge in [-0.3, -0.25) is 4.79 Å². The second kappa shape index (κ2) is 7.97. The number of para-hydroxylation sites is 2. The summed E-state index contributed by atoms with van der Waals surface area (Å²) in [7, 11) is -3.30. The standard InChI is InChI=1S/C20H20N2O4S2/c23-19(14-27-20-21-16-8-4-5-9-17(16)26-20)22-11-10-18(28(24,25)13-12-22)15-6-2-1-3-7-15/h1-9,18H,10-14H2. The Morgan fingerprint density at radius 2 is 1.86 bits per heavy atom. The third-order valence-corrected chi connectivity index (χ3v) is 7.80.